The molecule has 0 unspecified atom stereocenters. The summed E-state index contributed by atoms with van der Waals surface area (Å²) in [5.74, 6) is -0.139. The van der Waals surface area contributed by atoms with Crippen LogP contribution < -0.4 is 19.9 Å². The highest BCUT2D eigenvalue weighted by Gasteiger charge is 2.37. The number of guanidine groups is 1. The molecule has 1 fully saturated rings. The maximum Gasteiger partial charge on any atom is 0.407 e. The van der Waals surface area contributed by atoms with Crippen molar-refractivity contribution in [3.05, 3.63) is 64.7 Å². The molecular formula is C34H44N6O8S2. The average Bonchev–Trinajstić information content (AvgIpc) is 3.40. The lowest BCUT2D eigenvalue weighted by Crippen LogP contribution is -2.55. The number of hydrogen-bond donors (Lipinski definition) is 4. The van der Waals surface area contributed by atoms with Crippen molar-refractivity contribution < 1.29 is 36.3 Å². The summed E-state index contributed by atoms with van der Waals surface area (Å²) in [5.41, 5.74) is 8.27. The molecule has 16 heteroatoms. The van der Waals surface area contributed by atoms with Crippen LogP contribution in [-0.2, 0) is 31.3 Å². The molecule has 0 saturated carbocycles. The summed E-state index contributed by atoms with van der Waals surface area (Å²) < 4.78 is 65.2. The van der Waals surface area contributed by atoms with Gasteiger partial charge in [0.1, 0.15) is 17.4 Å². The number of carbonyl (C=O) groups excluding carboxylic acids is 1. The quantitative estimate of drug-likeness (QED) is 0.138. The Labute approximate surface area is 292 Å². The van der Waals surface area contributed by atoms with Crippen LogP contribution in [0.25, 0.3) is 10.8 Å². The Kier molecular flexibility index (Phi) is 10.4. The van der Waals surface area contributed by atoms with Crippen LogP contribution in [0.1, 0.15) is 48.9 Å². The van der Waals surface area contributed by atoms with Gasteiger partial charge in [0.2, 0.25) is 21.9 Å². The number of sulfonamides is 2. The van der Waals surface area contributed by atoms with Crippen molar-refractivity contribution in [3.8, 4) is 5.75 Å². The fraction of sp³-hybridized carbons (Fsp3) is 0.441. The van der Waals surface area contributed by atoms with Crippen molar-refractivity contribution in [2.75, 3.05) is 32.7 Å². The van der Waals surface area contributed by atoms with E-state index in [1.165, 1.54) is 21.9 Å². The normalized spacial score (nSPS) is 16.9. The van der Waals surface area contributed by atoms with Gasteiger partial charge in [0.05, 0.1) is 9.79 Å². The number of benzene rings is 3. The number of carbonyl (C=O) groups is 2. The number of ether oxygens (including phenoxy) is 1. The molecular weight excluding hydrogens is 685 g/mol. The third-order valence-electron chi connectivity index (χ3n) is 9.22. The topological polar surface area (TPSA) is 201 Å². The van der Waals surface area contributed by atoms with Gasteiger partial charge in [-0.25, -0.2) is 26.4 Å². The first kappa shape index (κ1) is 36.9. The molecule has 5 N–H and O–H groups in total. The van der Waals surface area contributed by atoms with Gasteiger partial charge < -0.3 is 25.4 Å². The second kappa shape index (κ2) is 14.1. The highest BCUT2D eigenvalue weighted by molar-refractivity contribution is 7.90. The van der Waals surface area contributed by atoms with Crippen LogP contribution in [0.3, 0.4) is 0 Å². The molecule has 0 spiro atoms. The molecule has 1 atom stereocenters. The molecule has 1 saturated heterocycles. The van der Waals surface area contributed by atoms with Crippen LogP contribution in [0.15, 0.2) is 57.2 Å². The first-order valence-electron chi connectivity index (χ1n) is 16.3. The number of hydrogen-bond acceptors (Lipinski definition) is 8. The Bertz CT molecular complexity index is 2070. The van der Waals surface area contributed by atoms with Gasteiger partial charge in [-0.15, -0.1) is 0 Å². The van der Waals surface area contributed by atoms with Crippen molar-refractivity contribution in [3.63, 3.8) is 0 Å². The molecule has 3 aromatic carbocycles. The molecule has 2 aliphatic heterocycles. The highest BCUT2D eigenvalue weighted by Crippen LogP contribution is 2.43. The van der Waals surface area contributed by atoms with E-state index in [1.54, 1.807) is 32.0 Å². The zero-order valence-corrected chi connectivity index (χ0v) is 30.4. The van der Waals surface area contributed by atoms with E-state index < -0.39 is 43.7 Å². The number of nitrogens with two attached hydrogens (primary N) is 1. The van der Waals surface area contributed by atoms with Gasteiger partial charge >= 0.3 is 6.09 Å². The van der Waals surface area contributed by atoms with Gasteiger partial charge in [-0.1, -0.05) is 30.3 Å². The fourth-order valence-corrected chi connectivity index (χ4v) is 9.31. The van der Waals surface area contributed by atoms with Crippen LogP contribution >= 0.6 is 0 Å². The van der Waals surface area contributed by atoms with Gasteiger partial charge in [-0.05, 0) is 87.1 Å². The van der Waals surface area contributed by atoms with Crippen LogP contribution in [0.2, 0.25) is 0 Å². The van der Waals surface area contributed by atoms with E-state index in [4.69, 9.17) is 10.5 Å². The predicted octanol–water partition coefficient (Wildman–Crippen LogP) is 3.02. The maximum absolute atomic E-state index is 13.7. The minimum absolute atomic E-state index is 0.00810. The summed E-state index contributed by atoms with van der Waals surface area (Å²) >= 11 is 0. The van der Waals surface area contributed by atoms with Crippen molar-refractivity contribution in [2.45, 2.75) is 75.3 Å². The van der Waals surface area contributed by atoms with E-state index in [2.05, 4.69) is 14.4 Å². The first-order valence-corrected chi connectivity index (χ1v) is 19.3. The van der Waals surface area contributed by atoms with Gasteiger partial charge in [0.25, 0.3) is 10.0 Å². The summed E-state index contributed by atoms with van der Waals surface area (Å²) in [7, 11) is -8.28. The monoisotopic (exact) mass is 728 g/mol. The maximum atomic E-state index is 13.7. The van der Waals surface area contributed by atoms with E-state index in [-0.39, 0.29) is 61.3 Å². The van der Waals surface area contributed by atoms with Crippen molar-refractivity contribution in [1.82, 2.24) is 19.2 Å². The lowest BCUT2D eigenvalue weighted by Gasteiger charge is -2.35. The van der Waals surface area contributed by atoms with Crippen molar-refractivity contribution in [1.29, 1.82) is 0 Å². The van der Waals surface area contributed by atoms with Gasteiger partial charge in [-0.3, -0.25) is 9.79 Å². The van der Waals surface area contributed by atoms with Crippen molar-refractivity contribution in [2.24, 2.45) is 10.7 Å². The molecule has 2 amide bonds. The summed E-state index contributed by atoms with van der Waals surface area (Å²) in [6, 6.07) is 10.8. The van der Waals surface area contributed by atoms with Crippen LogP contribution in [-0.4, -0.2) is 94.1 Å². The van der Waals surface area contributed by atoms with Crippen LogP contribution in [0.5, 0.6) is 5.75 Å². The second-order valence-corrected chi connectivity index (χ2v) is 16.7. The average molecular weight is 729 g/mol. The fourth-order valence-electron chi connectivity index (χ4n) is 6.52. The Balaban J connectivity index is 1.30. The van der Waals surface area contributed by atoms with E-state index in [1.807, 2.05) is 32.9 Å². The number of rotatable bonds is 10. The van der Waals surface area contributed by atoms with E-state index in [9.17, 15) is 31.5 Å². The molecule has 2 aliphatic rings. The third-order valence-corrected chi connectivity index (χ3v) is 12.3. The number of nitrogens with one attached hydrogen (secondary N) is 2. The molecule has 0 bridgehead atoms. The second-order valence-electron chi connectivity index (χ2n) is 13.3. The first-order chi connectivity index (χ1) is 23.4. The lowest BCUT2D eigenvalue weighted by atomic mass is 9.94. The Morgan fingerprint density at radius 2 is 1.58 bits per heavy atom. The van der Waals surface area contributed by atoms with Gasteiger partial charge in [0.15, 0.2) is 0 Å². The summed E-state index contributed by atoms with van der Waals surface area (Å²) in [6.07, 6.45) is -0.337. The standard InChI is InChI=1S/C34H44N6O8S2/c1-21-22(2)30(23(3)27-20-34(4,5)48-29(21)27)50(46,47)38-32(35)36-14-8-11-28(31(41)39-15-17-40(18-16-39)33(42)43)37-49(44,45)26-13-12-24-9-6-7-10-25(24)19-26/h6-7,9-10,12-13,19,28,37H,8,11,14-18,20H2,1-5H3,(H,42,43)(H3,35,36,38)/t28-/m0/s1. The number of aliphatic imine (C=N–C) groups is 1. The molecule has 5 rings (SSSR count). The zero-order valence-electron chi connectivity index (χ0n) is 28.8. The van der Waals surface area contributed by atoms with Crippen LogP contribution in [0, 0.1) is 20.8 Å². The Morgan fingerprint density at radius 1 is 0.940 bits per heavy atom. The summed E-state index contributed by atoms with van der Waals surface area (Å²) in [4.78, 5) is 31.9. The molecule has 2 heterocycles. The predicted molar refractivity (Wildman–Crippen MR) is 189 cm³/mol. The van der Waals surface area contributed by atoms with Crippen LogP contribution in [0.4, 0.5) is 4.79 Å². The third kappa shape index (κ3) is 7.81. The zero-order chi connectivity index (χ0) is 36.6. The lowest BCUT2D eigenvalue weighted by molar-refractivity contribution is -0.134. The van der Waals surface area contributed by atoms with Gasteiger partial charge in [0, 0.05) is 44.7 Å². The SMILES string of the molecule is Cc1c(C)c(S(=O)(=O)NC(N)=NCCC[C@H](NS(=O)(=O)c2ccc3ccccc3c2)C(=O)N2CCN(C(=O)O)CC2)c(C)c2c1OC(C)(C)C2. The number of amides is 2. The smallest absolute Gasteiger partial charge is 0.407 e. The number of carboxylic acid groups (broad SMARTS) is 1. The highest BCUT2D eigenvalue weighted by atomic mass is 32.2. The van der Waals surface area contributed by atoms with Crippen molar-refractivity contribution >= 4 is 48.8 Å². The van der Waals surface area contributed by atoms with E-state index >= 15 is 0 Å². The van der Waals surface area contributed by atoms with E-state index in [0.717, 1.165) is 16.5 Å². The molecule has 14 nitrogen and oxygen atoms in total. The molecule has 270 valence electrons. The number of nitrogens with zero attached hydrogens (tertiary/aromatic N) is 3. The molecule has 0 radical (unpaired) electrons. The molecule has 0 aromatic heterocycles. The number of piperazine rings is 1. The molecule has 50 heavy (non-hydrogen) atoms. The molecule has 0 aliphatic carbocycles. The van der Waals surface area contributed by atoms with Gasteiger partial charge in [-0.2, -0.15) is 4.72 Å². The summed E-state index contributed by atoms with van der Waals surface area (Å²) in [5, 5.41) is 10.9. The minimum Gasteiger partial charge on any atom is -0.487 e. The Hall–Kier alpha value is -4.41. The largest absolute Gasteiger partial charge is 0.487 e. The van der Waals surface area contributed by atoms with E-state index in [0.29, 0.717) is 28.7 Å². The minimum atomic E-state index is -4.15. The Morgan fingerprint density at radius 3 is 2.24 bits per heavy atom. The summed E-state index contributed by atoms with van der Waals surface area (Å²) in [6.45, 7) is 9.59. The number of fused-ring (bicyclic) bond motifs is 2. The molecule has 3 aromatic rings.